The van der Waals surface area contributed by atoms with Crippen LogP contribution < -0.4 is 10.6 Å². The zero-order valence-electron chi connectivity index (χ0n) is 8.46. The van der Waals surface area contributed by atoms with E-state index in [9.17, 15) is 4.39 Å². The number of benzene rings is 1. The fourth-order valence-electron chi connectivity index (χ4n) is 1.47. The van der Waals surface area contributed by atoms with E-state index < -0.39 is 0 Å². The largest absolute Gasteiger partial charge is 0.356 e. The van der Waals surface area contributed by atoms with Crippen molar-refractivity contribution < 1.29 is 4.39 Å². The summed E-state index contributed by atoms with van der Waals surface area (Å²) in [5.41, 5.74) is 0.660. The van der Waals surface area contributed by atoms with E-state index in [2.05, 4.69) is 15.6 Å². The summed E-state index contributed by atoms with van der Waals surface area (Å²) in [6.07, 6.45) is 1.06. The van der Waals surface area contributed by atoms with Gasteiger partial charge >= 0.3 is 0 Å². The first-order valence-electron chi connectivity index (χ1n) is 5.12. The monoisotopic (exact) mass is 207 g/mol. The molecule has 1 aliphatic rings. The molecule has 2 N–H and O–H groups in total. The molecule has 0 unspecified atom stereocenters. The normalized spacial score (nSPS) is 15.4. The summed E-state index contributed by atoms with van der Waals surface area (Å²) in [5, 5.41) is 6.20. The van der Waals surface area contributed by atoms with Crippen LogP contribution >= 0.6 is 0 Å². The van der Waals surface area contributed by atoms with Crippen LogP contribution in [0.15, 0.2) is 29.3 Å². The second-order valence-corrected chi connectivity index (χ2v) is 3.46. The Hall–Kier alpha value is -1.58. The van der Waals surface area contributed by atoms with Crippen molar-refractivity contribution in [2.75, 3.05) is 13.1 Å². The van der Waals surface area contributed by atoms with Gasteiger partial charge in [-0.15, -0.1) is 0 Å². The van der Waals surface area contributed by atoms with Crippen LogP contribution in [0, 0.1) is 5.82 Å². The SMILES string of the molecule is Fc1ccccc1CNC1=NCCCN1. The molecule has 0 radical (unpaired) electrons. The molecule has 4 heteroatoms. The summed E-state index contributed by atoms with van der Waals surface area (Å²) in [5.74, 6) is 0.589. The first-order chi connectivity index (χ1) is 7.36. The van der Waals surface area contributed by atoms with Crippen molar-refractivity contribution in [3.8, 4) is 0 Å². The molecule has 80 valence electrons. The van der Waals surface area contributed by atoms with E-state index in [4.69, 9.17) is 0 Å². The van der Waals surface area contributed by atoms with E-state index in [1.54, 1.807) is 12.1 Å². The predicted octanol–water partition coefficient (Wildman–Crippen LogP) is 1.26. The van der Waals surface area contributed by atoms with Crippen molar-refractivity contribution in [3.05, 3.63) is 35.6 Å². The average Bonchev–Trinajstić information content (AvgIpc) is 2.29. The van der Waals surface area contributed by atoms with Gasteiger partial charge in [0, 0.05) is 25.2 Å². The molecule has 1 aromatic carbocycles. The first kappa shape index (κ1) is 9.96. The minimum atomic E-state index is -0.179. The molecule has 0 aliphatic carbocycles. The smallest absolute Gasteiger partial charge is 0.191 e. The quantitative estimate of drug-likeness (QED) is 0.766. The van der Waals surface area contributed by atoms with E-state index in [0.717, 1.165) is 25.5 Å². The maximum atomic E-state index is 13.2. The predicted molar refractivity (Wildman–Crippen MR) is 58.2 cm³/mol. The van der Waals surface area contributed by atoms with Crippen LogP contribution in [-0.4, -0.2) is 19.0 Å². The topological polar surface area (TPSA) is 36.4 Å². The average molecular weight is 207 g/mol. The zero-order valence-corrected chi connectivity index (χ0v) is 8.46. The molecular weight excluding hydrogens is 193 g/mol. The molecular formula is C11H14FN3. The molecule has 2 rings (SSSR count). The lowest BCUT2D eigenvalue weighted by Gasteiger charge is -2.16. The molecule has 0 saturated carbocycles. The van der Waals surface area contributed by atoms with Gasteiger partial charge in [-0.1, -0.05) is 18.2 Å². The van der Waals surface area contributed by atoms with Gasteiger partial charge < -0.3 is 10.6 Å². The third kappa shape index (κ3) is 2.68. The Morgan fingerprint density at radius 1 is 1.40 bits per heavy atom. The second kappa shape index (κ2) is 4.77. The van der Waals surface area contributed by atoms with E-state index in [0.29, 0.717) is 12.1 Å². The summed E-state index contributed by atoms with van der Waals surface area (Å²) in [6.45, 7) is 2.24. The lowest BCUT2D eigenvalue weighted by molar-refractivity contribution is 0.603. The summed E-state index contributed by atoms with van der Waals surface area (Å²) in [4.78, 5) is 4.25. The number of nitrogens with one attached hydrogen (secondary N) is 2. The van der Waals surface area contributed by atoms with Crippen LogP contribution in [-0.2, 0) is 6.54 Å². The molecule has 3 nitrogen and oxygen atoms in total. The highest BCUT2D eigenvalue weighted by Crippen LogP contribution is 2.05. The zero-order chi connectivity index (χ0) is 10.5. The maximum absolute atomic E-state index is 13.2. The summed E-state index contributed by atoms with van der Waals surface area (Å²) in [6, 6.07) is 6.75. The summed E-state index contributed by atoms with van der Waals surface area (Å²) < 4.78 is 13.2. The third-order valence-corrected chi connectivity index (χ3v) is 2.30. The van der Waals surface area contributed by atoms with Crippen LogP contribution in [0.3, 0.4) is 0 Å². The van der Waals surface area contributed by atoms with E-state index in [-0.39, 0.29) is 5.82 Å². The Kier molecular flexibility index (Phi) is 3.17. The van der Waals surface area contributed by atoms with Crippen LogP contribution in [0.5, 0.6) is 0 Å². The van der Waals surface area contributed by atoms with Gasteiger partial charge in [0.15, 0.2) is 5.96 Å². The second-order valence-electron chi connectivity index (χ2n) is 3.46. The number of hydrogen-bond acceptors (Lipinski definition) is 3. The molecule has 0 atom stereocenters. The summed E-state index contributed by atoms with van der Waals surface area (Å²) >= 11 is 0. The van der Waals surface area contributed by atoms with Gasteiger partial charge in [0.1, 0.15) is 5.82 Å². The standard InChI is InChI=1S/C11H14FN3/c12-10-5-2-1-4-9(10)8-15-11-13-6-3-7-14-11/h1-2,4-5H,3,6-8H2,(H2,13,14,15). The fourth-order valence-corrected chi connectivity index (χ4v) is 1.47. The van der Waals surface area contributed by atoms with Gasteiger partial charge in [0.2, 0.25) is 0 Å². The van der Waals surface area contributed by atoms with Crippen LogP contribution in [0.4, 0.5) is 4.39 Å². The van der Waals surface area contributed by atoms with Gasteiger partial charge in [-0.05, 0) is 12.5 Å². The Morgan fingerprint density at radius 2 is 2.27 bits per heavy atom. The molecule has 0 spiro atoms. The van der Waals surface area contributed by atoms with Crippen molar-refractivity contribution in [2.45, 2.75) is 13.0 Å². The number of hydrogen-bond donors (Lipinski definition) is 2. The van der Waals surface area contributed by atoms with Crippen molar-refractivity contribution in [1.29, 1.82) is 0 Å². The lowest BCUT2D eigenvalue weighted by Crippen LogP contribution is -2.40. The van der Waals surface area contributed by atoms with Crippen LogP contribution in [0.2, 0.25) is 0 Å². The number of aliphatic imine (C=N–C) groups is 1. The lowest BCUT2D eigenvalue weighted by atomic mass is 10.2. The van der Waals surface area contributed by atoms with Gasteiger partial charge in [-0.2, -0.15) is 0 Å². The Labute approximate surface area is 88.4 Å². The minimum Gasteiger partial charge on any atom is -0.356 e. The number of guanidine groups is 1. The van der Waals surface area contributed by atoms with E-state index in [1.807, 2.05) is 6.07 Å². The van der Waals surface area contributed by atoms with Gasteiger partial charge in [-0.3, -0.25) is 4.99 Å². The van der Waals surface area contributed by atoms with Gasteiger partial charge in [-0.25, -0.2) is 4.39 Å². The van der Waals surface area contributed by atoms with Crippen molar-refractivity contribution in [3.63, 3.8) is 0 Å². The molecule has 0 saturated heterocycles. The van der Waals surface area contributed by atoms with Gasteiger partial charge in [0.05, 0.1) is 0 Å². The fraction of sp³-hybridized carbons (Fsp3) is 0.364. The van der Waals surface area contributed by atoms with Gasteiger partial charge in [0.25, 0.3) is 0 Å². The molecule has 15 heavy (non-hydrogen) atoms. The molecule has 0 bridgehead atoms. The van der Waals surface area contributed by atoms with Crippen LogP contribution in [0.1, 0.15) is 12.0 Å². The highest BCUT2D eigenvalue weighted by atomic mass is 19.1. The molecule has 0 aromatic heterocycles. The molecule has 0 amide bonds. The van der Waals surface area contributed by atoms with Crippen LogP contribution in [0.25, 0.3) is 0 Å². The molecule has 0 fully saturated rings. The number of halogens is 1. The molecule has 1 aliphatic heterocycles. The minimum absolute atomic E-state index is 0.179. The van der Waals surface area contributed by atoms with E-state index >= 15 is 0 Å². The Bertz CT molecular complexity index is 363. The van der Waals surface area contributed by atoms with E-state index in [1.165, 1.54) is 6.07 Å². The first-order valence-corrected chi connectivity index (χ1v) is 5.12. The molecule has 1 aromatic rings. The maximum Gasteiger partial charge on any atom is 0.191 e. The summed E-state index contributed by atoms with van der Waals surface area (Å²) in [7, 11) is 0. The number of rotatable bonds is 2. The van der Waals surface area contributed by atoms with Crippen molar-refractivity contribution >= 4 is 5.96 Å². The highest BCUT2D eigenvalue weighted by molar-refractivity contribution is 5.80. The third-order valence-electron chi connectivity index (χ3n) is 2.30. The number of nitrogens with zero attached hydrogens (tertiary/aromatic N) is 1. The highest BCUT2D eigenvalue weighted by Gasteiger charge is 2.04. The van der Waals surface area contributed by atoms with Crippen molar-refractivity contribution in [2.24, 2.45) is 4.99 Å². The molecule has 1 heterocycles. The van der Waals surface area contributed by atoms with Crippen molar-refractivity contribution in [1.82, 2.24) is 10.6 Å². The Morgan fingerprint density at radius 3 is 3.00 bits per heavy atom. The Balaban J connectivity index is 1.93.